The largest absolute Gasteiger partial charge is 0.770 e. The average molecular weight is 203 g/mol. The molecule has 0 atom stereocenters. The highest BCUT2D eigenvalue weighted by atomic mass is 19.1. The number of nitrogens with two attached hydrogens (primary N) is 1. The number of para-hydroxylation sites is 1. The summed E-state index contributed by atoms with van der Waals surface area (Å²) in [5.74, 6) is -1.16. The lowest BCUT2D eigenvalue weighted by Crippen LogP contribution is -2.28. The van der Waals surface area contributed by atoms with Gasteiger partial charge in [0.1, 0.15) is 0 Å². The molecule has 0 unspecified atom stereocenters. The zero-order chi connectivity index (χ0) is 10.6. The third-order valence-corrected chi connectivity index (χ3v) is 1.38. The van der Waals surface area contributed by atoms with Crippen LogP contribution in [0.3, 0.4) is 0 Å². The minimum atomic E-state index is -1.85. The number of rotatable bonds is 4. The maximum atomic E-state index is 13.0. The number of hydrogen-bond acceptors (Lipinski definition) is 6. The molecule has 4 N–H and O–H groups in total. The molecule has 0 aliphatic rings. The Morgan fingerprint density at radius 3 is 2.43 bits per heavy atom. The highest BCUT2D eigenvalue weighted by molar-refractivity contribution is 6.36. The van der Waals surface area contributed by atoms with Gasteiger partial charge in [0.05, 0.1) is 5.69 Å². The Labute approximate surface area is 78.7 Å². The average Bonchev–Trinajstić information content (AvgIpc) is 2.18. The van der Waals surface area contributed by atoms with E-state index in [9.17, 15) is 4.39 Å². The van der Waals surface area contributed by atoms with Crippen molar-refractivity contribution in [2.75, 3.05) is 5.73 Å². The second kappa shape index (κ2) is 4.77. The number of benzene rings is 1. The summed E-state index contributed by atoms with van der Waals surface area (Å²) in [6, 6.07) is 3.81. The van der Waals surface area contributed by atoms with E-state index >= 15 is 0 Å². The zero-order valence-electron chi connectivity index (χ0n) is 6.88. The van der Waals surface area contributed by atoms with E-state index < -0.39 is 13.1 Å². The van der Waals surface area contributed by atoms with Gasteiger partial charge in [-0.05, 0) is 12.1 Å². The van der Waals surface area contributed by atoms with Crippen LogP contribution in [0.1, 0.15) is 0 Å². The van der Waals surface area contributed by atoms with Crippen molar-refractivity contribution in [3.63, 3.8) is 0 Å². The monoisotopic (exact) mass is 203 g/mol. The first kappa shape index (κ1) is 10.7. The fourth-order valence-corrected chi connectivity index (χ4v) is 0.808. The molecule has 0 aromatic heterocycles. The van der Waals surface area contributed by atoms with Gasteiger partial charge in [0.2, 0.25) is 0 Å². The third-order valence-electron chi connectivity index (χ3n) is 1.38. The maximum absolute atomic E-state index is 13.0. The van der Waals surface area contributed by atoms with Crippen molar-refractivity contribution in [1.29, 1.82) is 0 Å². The van der Waals surface area contributed by atoms with Gasteiger partial charge in [0, 0.05) is 0 Å². The van der Waals surface area contributed by atoms with Crippen molar-refractivity contribution >= 4 is 13.0 Å². The van der Waals surface area contributed by atoms with Gasteiger partial charge in [-0.25, -0.2) is 14.0 Å². The Kier molecular flexibility index (Phi) is 3.66. The fraction of sp³-hybridized carbons (Fsp3) is 0. The van der Waals surface area contributed by atoms with E-state index in [0.717, 1.165) is 6.07 Å². The molecule has 76 valence electrons. The first-order valence-corrected chi connectivity index (χ1v) is 3.50. The summed E-state index contributed by atoms with van der Waals surface area (Å²) in [4.78, 5) is 6.99. The predicted octanol–water partition coefficient (Wildman–Crippen LogP) is 0.751. The summed E-state index contributed by atoms with van der Waals surface area (Å²) in [5.41, 5.74) is 5.32. The van der Waals surface area contributed by atoms with Crippen molar-refractivity contribution in [3.8, 4) is 5.75 Å². The van der Waals surface area contributed by atoms with Gasteiger partial charge >= 0.3 is 7.32 Å². The van der Waals surface area contributed by atoms with Crippen LogP contribution in [0.2, 0.25) is 0 Å². The Hall–Kier alpha value is -1.35. The molecule has 6 nitrogen and oxygen atoms in total. The van der Waals surface area contributed by atoms with E-state index in [0.29, 0.717) is 0 Å². The normalized spacial score (nSPS) is 9.93. The molecule has 0 bridgehead atoms. The van der Waals surface area contributed by atoms with Gasteiger partial charge in [-0.15, -0.1) is 0 Å². The zero-order valence-corrected chi connectivity index (χ0v) is 6.88. The minimum Gasteiger partial charge on any atom is -0.505 e. The van der Waals surface area contributed by atoms with Crippen LogP contribution in [-0.4, -0.2) is 17.8 Å². The summed E-state index contributed by atoms with van der Waals surface area (Å²) >= 11 is 0. The number of nitrogen functional groups attached to an aromatic ring is 1. The summed E-state index contributed by atoms with van der Waals surface area (Å²) < 4.78 is 17.5. The number of halogens is 1. The summed E-state index contributed by atoms with van der Waals surface area (Å²) in [5, 5.41) is 16.2. The second-order valence-electron chi connectivity index (χ2n) is 2.28. The molecule has 0 saturated carbocycles. The molecule has 1 aromatic rings. The minimum absolute atomic E-state index is 0.0240. The molecule has 0 aliphatic carbocycles. The smallest absolute Gasteiger partial charge is 0.505 e. The van der Waals surface area contributed by atoms with Gasteiger partial charge in [-0.1, -0.05) is 6.07 Å². The van der Waals surface area contributed by atoms with Gasteiger partial charge in [0.15, 0.2) is 11.6 Å². The molecule has 0 saturated heterocycles. The van der Waals surface area contributed by atoms with E-state index in [4.69, 9.17) is 16.2 Å². The Morgan fingerprint density at radius 2 is 1.93 bits per heavy atom. The third kappa shape index (κ3) is 2.33. The highest BCUT2D eigenvalue weighted by Gasteiger charge is 2.27. The van der Waals surface area contributed by atoms with Crippen molar-refractivity contribution in [1.82, 2.24) is 0 Å². The van der Waals surface area contributed by atoms with Crippen LogP contribution >= 0.6 is 0 Å². The Bertz CT molecular complexity index is 288. The predicted molar refractivity (Wildman–Crippen MR) is 44.6 cm³/mol. The first-order valence-electron chi connectivity index (χ1n) is 3.50. The maximum Gasteiger partial charge on any atom is 0.770 e. The van der Waals surface area contributed by atoms with Crippen LogP contribution in [0, 0.1) is 5.82 Å². The van der Waals surface area contributed by atoms with Crippen LogP contribution < -0.4 is 10.4 Å². The molecule has 0 radical (unpaired) electrons. The number of hydrogen-bond donors (Lipinski definition) is 3. The van der Waals surface area contributed by atoms with Gasteiger partial charge in [-0.3, -0.25) is 10.5 Å². The molecule has 1 rings (SSSR count). The molecule has 14 heavy (non-hydrogen) atoms. The quantitative estimate of drug-likeness (QED) is 0.289. The van der Waals surface area contributed by atoms with Crippen LogP contribution in [0.25, 0.3) is 0 Å². The summed E-state index contributed by atoms with van der Waals surface area (Å²) in [6.07, 6.45) is 0. The van der Waals surface area contributed by atoms with Crippen LogP contribution in [0.4, 0.5) is 10.1 Å². The molecular weight excluding hydrogens is 196 g/mol. The SMILES string of the molecule is Nc1cccc(F)c1OB(OO)OO. The highest BCUT2D eigenvalue weighted by Crippen LogP contribution is 2.25. The van der Waals surface area contributed by atoms with E-state index in [1.807, 2.05) is 0 Å². The van der Waals surface area contributed by atoms with Crippen LogP contribution in [-0.2, 0) is 9.61 Å². The van der Waals surface area contributed by atoms with E-state index in [1.165, 1.54) is 12.1 Å². The van der Waals surface area contributed by atoms with Gasteiger partial charge < -0.3 is 10.4 Å². The lowest BCUT2D eigenvalue weighted by molar-refractivity contribution is -0.242. The van der Waals surface area contributed by atoms with Crippen molar-refractivity contribution < 1.29 is 29.2 Å². The van der Waals surface area contributed by atoms with E-state index in [-0.39, 0.29) is 11.4 Å². The van der Waals surface area contributed by atoms with Gasteiger partial charge in [0.25, 0.3) is 0 Å². The molecule has 1 aromatic carbocycles. The first-order chi connectivity index (χ1) is 6.69. The van der Waals surface area contributed by atoms with Crippen molar-refractivity contribution in [2.24, 2.45) is 0 Å². The fourth-order valence-electron chi connectivity index (χ4n) is 0.808. The molecule has 0 fully saturated rings. The molecule has 0 aliphatic heterocycles. The van der Waals surface area contributed by atoms with Crippen LogP contribution in [0.5, 0.6) is 5.75 Å². The molecule has 0 heterocycles. The lowest BCUT2D eigenvalue weighted by atomic mass is 10.2. The van der Waals surface area contributed by atoms with E-state index in [1.54, 1.807) is 0 Å². The van der Waals surface area contributed by atoms with Crippen molar-refractivity contribution in [3.05, 3.63) is 24.0 Å². The van der Waals surface area contributed by atoms with Gasteiger partial charge in [-0.2, -0.15) is 0 Å². The Morgan fingerprint density at radius 1 is 1.29 bits per heavy atom. The number of anilines is 1. The molecule has 0 spiro atoms. The second-order valence-corrected chi connectivity index (χ2v) is 2.28. The molecular formula is C6H7BFNO5. The molecule has 0 amide bonds. The Balaban J connectivity index is 2.84. The van der Waals surface area contributed by atoms with Crippen LogP contribution in [0.15, 0.2) is 18.2 Å². The topological polar surface area (TPSA) is 94.2 Å². The summed E-state index contributed by atoms with van der Waals surface area (Å²) in [7, 11) is -1.85. The van der Waals surface area contributed by atoms with E-state index in [2.05, 4.69) is 14.3 Å². The summed E-state index contributed by atoms with van der Waals surface area (Å²) in [6.45, 7) is 0. The van der Waals surface area contributed by atoms with Crippen molar-refractivity contribution in [2.45, 2.75) is 0 Å². The standard InChI is InChI=1S/C6H7BFNO5/c8-4-2-1-3-5(9)6(4)12-7(13-10)14-11/h1-3,10-11H,9H2. The molecule has 8 heteroatoms. The lowest BCUT2D eigenvalue weighted by Gasteiger charge is -2.10.